The Labute approximate surface area is 156 Å². The Morgan fingerprint density at radius 1 is 1.26 bits per heavy atom. The number of anilines is 1. The summed E-state index contributed by atoms with van der Waals surface area (Å²) < 4.78 is 30.9. The lowest BCUT2D eigenvalue weighted by molar-refractivity contribution is -0.121. The number of fused-ring (bicyclic) bond motifs is 2. The molecule has 2 atom stereocenters. The molecule has 0 bridgehead atoms. The Morgan fingerprint density at radius 3 is 2.78 bits per heavy atom. The first-order chi connectivity index (χ1) is 12.8. The summed E-state index contributed by atoms with van der Waals surface area (Å²) in [5.74, 6) is 0.0706. The van der Waals surface area contributed by atoms with Gasteiger partial charge in [-0.3, -0.25) is 9.59 Å². The largest absolute Gasteiger partial charge is 0.464 e. The number of piperidine rings is 1. The maximum Gasteiger partial charge on any atom is 0.256 e. The average molecular weight is 389 g/mol. The molecule has 1 aromatic heterocycles. The van der Waals surface area contributed by atoms with Crippen LogP contribution in [0.15, 0.2) is 41.0 Å². The molecule has 0 spiro atoms. The molecule has 8 nitrogen and oxygen atoms in total. The van der Waals surface area contributed by atoms with Gasteiger partial charge in [0.2, 0.25) is 15.9 Å². The lowest BCUT2D eigenvalue weighted by atomic mass is 9.97. The second kappa shape index (κ2) is 6.50. The van der Waals surface area contributed by atoms with Gasteiger partial charge in [-0.1, -0.05) is 0 Å². The molecule has 142 valence electrons. The Hall–Kier alpha value is -2.65. The van der Waals surface area contributed by atoms with E-state index in [1.807, 2.05) is 0 Å². The van der Waals surface area contributed by atoms with E-state index in [-0.39, 0.29) is 24.3 Å². The molecule has 0 aliphatic carbocycles. The van der Waals surface area contributed by atoms with Gasteiger partial charge >= 0.3 is 0 Å². The molecule has 0 saturated carbocycles. The van der Waals surface area contributed by atoms with E-state index >= 15 is 0 Å². The molecule has 9 heteroatoms. The highest BCUT2D eigenvalue weighted by atomic mass is 32.2. The molecule has 2 aliphatic rings. The fourth-order valence-corrected chi connectivity index (χ4v) is 4.48. The van der Waals surface area contributed by atoms with Crippen molar-refractivity contribution in [2.75, 3.05) is 18.1 Å². The van der Waals surface area contributed by atoms with Crippen molar-refractivity contribution >= 4 is 27.5 Å². The van der Waals surface area contributed by atoms with Crippen molar-refractivity contribution in [1.82, 2.24) is 9.62 Å². The van der Waals surface area contributed by atoms with Gasteiger partial charge < -0.3 is 14.6 Å². The predicted molar refractivity (Wildman–Crippen MR) is 98.6 cm³/mol. The van der Waals surface area contributed by atoms with Crippen molar-refractivity contribution in [3.63, 3.8) is 0 Å². The highest BCUT2D eigenvalue weighted by Gasteiger charge is 2.40. The van der Waals surface area contributed by atoms with E-state index in [1.165, 1.54) is 4.90 Å². The van der Waals surface area contributed by atoms with Crippen LogP contribution in [0.3, 0.4) is 0 Å². The van der Waals surface area contributed by atoms with E-state index in [0.717, 1.165) is 11.8 Å². The number of nitrogens with zero attached hydrogens (tertiary/aromatic N) is 1. The van der Waals surface area contributed by atoms with Crippen molar-refractivity contribution in [2.24, 2.45) is 0 Å². The summed E-state index contributed by atoms with van der Waals surface area (Å²) in [5, 5.41) is 2.80. The zero-order valence-corrected chi connectivity index (χ0v) is 15.5. The smallest absolute Gasteiger partial charge is 0.256 e. The fraction of sp³-hybridized carbons (Fsp3) is 0.333. The van der Waals surface area contributed by atoms with Crippen molar-refractivity contribution in [3.8, 4) is 11.3 Å². The molecule has 2 amide bonds. The number of benzene rings is 1. The van der Waals surface area contributed by atoms with Crippen molar-refractivity contribution in [1.29, 1.82) is 0 Å². The molecule has 0 unspecified atom stereocenters. The molecular weight excluding hydrogens is 370 g/mol. The topological polar surface area (TPSA) is 109 Å². The van der Waals surface area contributed by atoms with E-state index in [0.29, 0.717) is 30.0 Å². The van der Waals surface area contributed by atoms with Gasteiger partial charge in [0.25, 0.3) is 5.91 Å². The molecular formula is C18H19N3O5S. The van der Waals surface area contributed by atoms with E-state index < -0.39 is 16.1 Å². The number of hydrogen-bond acceptors (Lipinski definition) is 5. The minimum absolute atomic E-state index is 0.240. The number of furan rings is 1. The number of carbonyl (C=O) groups excluding carboxylic acids is 2. The number of carbonyl (C=O) groups is 2. The molecule has 3 heterocycles. The molecule has 1 fully saturated rings. The van der Waals surface area contributed by atoms with E-state index in [4.69, 9.17) is 4.42 Å². The highest BCUT2D eigenvalue weighted by molar-refractivity contribution is 7.88. The summed E-state index contributed by atoms with van der Waals surface area (Å²) in [4.78, 5) is 27.3. The minimum atomic E-state index is -3.38. The molecule has 4 rings (SSSR count). The van der Waals surface area contributed by atoms with Crippen LogP contribution in [-0.2, 0) is 14.8 Å². The predicted octanol–water partition coefficient (Wildman–Crippen LogP) is 1.42. The molecule has 2 N–H and O–H groups in total. The van der Waals surface area contributed by atoms with Crippen molar-refractivity contribution in [3.05, 3.63) is 42.2 Å². The van der Waals surface area contributed by atoms with Gasteiger partial charge in [-0.15, -0.1) is 0 Å². The summed E-state index contributed by atoms with van der Waals surface area (Å²) in [6.07, 6.45) is 3.34. The quantitative estimate of drug-likeness (QED) is 0.825. The van der Waals surface area contributed by atoms with Gasteiger partial charge in [0.15, 0.2) is 0 Å². The van der Waals surface area contributed by atoms with Gasteiger partial charge in [-0.05, 0) is 43.2 Å². The minimum Gasteiger partial charge on any atom is -0.464 e. The summed E-state index contributed by atoms with van der Waals surface area (Å²) in [6.45, 7) is 0.300. The highest BCUT2D eigenvalue weighted by Crippen LogP contribution is 2.32. The maximum absolute atomic E-state index is 13.1. The maximum atomic E-state index is 13.1. The number of rotatable bonds is 3. The summed E-state index contributed by atoms with van der Waals surface area (Å²) in [6, 6.07) is 7.65. The van der Waals surface area contributed by atoms with Gasteiger partial charge in [-0.25, -0.2) is 13.1 Å². The zero-order chi connectivity index (χ0) is 19.2. The molecule has 1 saturated heterocycles. The lowest BCUT2D eigenvalue weighted by Gasteiger charge is -2.37. The van der Waals surface area contributed by atoms with Gasteiger partial charge in [-0.2, -0.15) is 0 Å². The normalized spacial score (nSPS) is 22.6. The number of hydrogen-bond donors (Lipinski definition) is 2. The van der Waals surface area contributed by atoms with Crippen molar-refractivity contribution in [2.45, 2.75) is 24.9 Å². The van der Waals surface area contributed by atoms with Gasteiger partial charge in [0.05, 0.1) is 23.8 Å². The molecule has 27 heavy (non-hydrogen) atoms. The van der Waals surface area contributed by atoms with Crippen LogP contribution in [0.4, 0.5) is 5.69 Å². The summed E-state index contributed by atoms with van der Waals surface area (Å²) in [7, 11) is -3.38. The third kappa shape index (κ3) is 3.47. The Balaban J connectivity index is 1.65. The van der Waals surface area contributed by atoms with E-state index in [1.54, 1.807) is 36.6 Å². The van der Waals surface area contributed by atoms with Crippen LogP contribution in [0.5, 0.6) is 0 Å². The molecule has 2 aliphatic heterocycles. The first-order valence-electron chi connectivity index (χ1n) is 8.59. The summed E-state index contributed by atoms with van der Waals surface area (Å²) in [5.41, 5.74) is 1.59. The second-order valence-electron chi connectivity index (χ2n) is 6.85. The average Bonchev–Trinajstić information content (AvgIpc) is 3.11. The number of nitrogens with one attached hydrogen (secondary N) is 2. The standard InChI is InChI=1S/C18H19N3O5S/c1-27(24,25)20-12-6-7-21-15(10-12)17(22)19-14-5-4-11(9-13(14)18(21)23)16-3-2-8-26-16/h2-5,8-9,12,15,20H,6-7,10H2,1H3,(H,19,22)/t12-,15+/m1/s1. The third-order valence-corrected chi connectivity index (χ3v) is 5.62. The molecule has 0 radical (unpaired) electrons. The fourth-order valence-electron chi connectivity index (χ4n) is 3.66. The van der Waals surface area contributed by atoms with Crippen LogP contribution in [0, 0.1) is 0 Å². The van der Waals surface area contributed by atoms with Gasteiger partial charge in [0.1, 0.15) is 11.8 Å². The Morgan fingerprint density at radius 2 is 2.07 bits per heavy atom. The monoisotopic (exact) mass is 389 g/mol. The first-order valence-corrected chi connectivity index (χ1v) is 10.5. The van der Waals surface area contributed by atoms with Crippen molar-refractivity contribution < 1.29 is 22.4 Å². The van der Waals surface area contributed by atoms with E-state index in [2.05, 4.69) is 10.0 Å². The van der Waals surface area contributed by atoms with Crippen LogP contribution in [0.25, 0.3) is 11.3 Å². The SMILES string of the molecule is CS(=O)(=O)N[C@@H]1CCN2C(=O)c3cc(-c4ccco4)ccc3NC(=O)[C@@H]2C1. The zero-order valence-electron chi connectivity index (χ0n) is 14.6. The Kier molecular flexibility index (Phi) is 4.27. The van der Waals surface area contributed by atoms with Crippen LogP contribution < -0.4 is 10.0 Å². The van der Waals surface area contributed by atoms with E-state index in [9.17, 15) is 18.0 Å². The lowest BCUT2D eigenvalue weighted by Crippen LogP contribution is -2.54. The molecule has 2 aromatic rings. The second-order valence-corrected chi connectivity index (χ2v) is 8.63. The molecule has 1 aromatic carbocycles. The van der Waals surface area contributed by atoms with Crippen LogP contribution >= 0.6 is 0 Å². The number of amides is 2. The van der Waals surface area contributed by atoms with Gasteiger partial charge in [0, 0.05) is 18.2 Å². The van der Waals surface area contributed by atoms with Crippen LogP contribution in [0.1, 0.15) is 23.2 Å². The van der Waals surface area contributed by atoms with Crippen LogP contribution in [-0.4, -0.2) is 50.0 Å². The first kappa shape index (κ1) is 17.7. The summed E-state index contributed by atoms with van der Waals surface area (Å²) >= 11 is 0. The third-order valence-electron chi connectivity index (χ3n) is 4.86. The number of sulfonamides is 1. The van der Waals surface area contributed by atoms with Crippen LogP contribution in [0.2, 0.25) is 0 Å². The Bertz CT molecular complexity index is 1000.